The highest BCUT2D eigenvalue weighted by Gasteiger charge is 2.37. The fourth-order valence-corrected chi connectivity index (χ4v) is 6.06. The Bertz CT molecular complexity index is 820. The minimum atomic E-state index is 0.00331. The van der Waals surface area contributed by atoms with Crippen LogP contribution < -0.4 is 11.1 Å². The Kier molecular flexibility index (Phi) is 6.59. The SMILES string of the molecule is CC1C=C2CC(C2)CC(C)(CNC(=O)c2cc(CN3CCCC(N)C3)nn2C(C)C)C1. The van der Waals surface area contributed by atoms with Gasteiger partial charge in [-0.3, -0.25) is 14.4 Å². The molecule has 0 spiro atoms. The number of nitrogens with zero attached hydrogens (tertiary/aromatic N) is 3. The molecule has 1 aliphatic heterocycles. The van der Waals surface area contributed by atoms with E-state index in [1.165, 1.54) is 19.3 Å². The summed E-state index contributed by atoms with van der Waals surface area (Å²) in [4.78, 5) is 15.6. The lowest BCUT2D eigenvalue weighted by Gasteiger charge is -2.42. The van der Waals surface area contributed by atoms with Crippen LogP contribution in [0.5, 0.6) is 0 Å². The molecular formula is C25H41N5O. The average Bonchev–Trinajstić information content (AvgIpc) is 3.07. The van der Waals surface area contributed by atoms with Crippen molar-refractivity contribution >= 4 is 5.91 Å². The minimum Gasteiger partial charge on any atom is -0.350 e. The first-order chi connectivity index (χ1) is 14.7. The second-order valence-electron chi connectivity index (χ2n) is 11.2. The molecule has 6 heteroatoms. The summed E-state index contributed by atoms with van der Waals surface area (Å²) in [5, 5.41) is 8.07. The number of hydrogen-bond acceptors (Lipinski definition) is 4. The second kappa shape index (κ2) is 9.07. The fourth-order valence-electron chi connectivity index (χ4n) is 6.06. The summed E-state index contributed by atoms with van der Waals surface area (Å²) in [6.45, 7) is 12.3. The largest absolute Gasteiger partial charge is 0.350 e. The summed E-state index contributed by atoms with van der Waals surface area (Å²) in [5.41, 5.74) is 9.58. The van der Waals surface area contributed by atoms with Crippen molar-refractivity contribution in [2.45, 2.75) is 84.8 Å². The molecule has 1 aromatic heterocycles. The highest BCUT2D eigenvalue weighted by Crippen LogP contribution is 2.46. The summed E-state index contributed by atoms with van der Waals surface area (Å²) < 4.78 is 1.89. The number of allylic oxidation sites excluding steroid dienone is 2. The monoisotopic (exact) mass is 427 g/mol. The maximum Gasteiger partial charge on any atom is 0.269 e. The van der Waals surface area contributed by atoms with Gasteiger partial charge < -0.3 is 11.1 Å². The van der Waals surface area contributed by atoms with Gasteiger partial charge in [-0.15, -0.1) is 0 Å². The third-order valence-electron chi connectivity index (χ3n) is 7.33. The molecular weight excluding hydrogens is 386 g/mol. The van der Waals surface area contributed by atoms with Gasteiger partial charge in [-0.05, 0) is 82.2 Å². The molecule has 5 rings (SSSR count). The van der Waals surface area contributed by atoms with Crippen LogP contribution in [0.25, 0.3) is 0 Å². The number of amides is 1. The van der Waals surface area contributed by atoms with Crippen molar-refractivity contribution in [2.75, 3.05) is 19.6 Å². The summed E-state index contributed by atoms with van der Waals surface area (Å²) in [6.07, 6.45) is 9.57. The molecule has 31 heavy (non-hydrogen) atoms. The van der Waals surface area contributed by atoms with Crippen molar-refractivity contribution in [3.05, 3.63) is 29.1 Å². The lowest BCUT2D eigenvalue weighted by atomic mass is 9.64. The summed E-state index contributed by atoms with van der Waals surface area (Å²) >= 11 is 0. The van der Waals surface area contributed by atoms with E-state index in [9.17, 15) is 4.79 Å². The number of rotatable bonds is 6. The van der Waals surface area contributed by atoms with Crippen LogP contribution >= 0.6 is 0 Å². The van der Waals surface area contributed by atoms with E-state index in [0.717, 1.165) is 57.1 Å². The van der Waals surface area contributed by atoms with E-state index in [4.69, 9.17) is 10.8 Å². The lowest BCUT2D eigenvalue weighted by molar-refractivity contribution is 0.0892. The maximum absolute atomic E-state index is 13.2. The molecule has 2 heterocycles. The molecule has 4 aliphatic rings. The smallest absolute Gasteiger partial charge is 0.269 e. The predicted molar refractivity (Wildman–Crippen MR) is 125 cm³/mol. The van der Waals surface area contributed by atoms with Gasteiger partial charge in [0.2, 0.25) is 0 Å². The van der Waals surface area contributed by atoms with E-state index in [0.29, 0.717) is 11.6 Å². The topological polar surface area (TPSA) is 76.2 Å². The average molecular weight is 428 g/mol. The van der Waals surface area contributed by atoms with Crippen LogP contribution in [-0.4, -0.2) is 46.3 Å². The van der Waals surface area contributed by atoms with Gasteiger partial charge in [0.05, 0.1) is 5.69 Å². The van der Waals surface area contributed by atoms with Crippen LogP contribution in [0.15, 0.2) is 17.7 Å². The van der Waals surface area contributed by atoms with E-state index < -0.39 is 0 Å². The van der Waals surface area contributed by atoms with Gasteiger partial charge in [0.15, 0.2) is 0 Å². The number of carbonyl (C=O) groups excluding carboxylic acids is 1. The van der Waals surface area contributed by atoms with Crippen molar-refractivity contribution in [3.8, 4) is 0 Å². The Morgan fingerprint density at radius 1 is 1.35 bits per heavy atom. The number of carbonyl (C=O) groups is 1. The van der Waals surface area contributed by atoms with Gasteiger partial charge in [0.25, 0.3) is 5.91 Å². The standard InChI is InChI=1S/C25H41N5O/c1-17(2)30-23(11-22(28-30)15-29-7-5-6-21(26)14-29)24(31)27-16-25(4)12-18(3)8-19-9-20(10-19)13-25/h8,11,17-18,20-21H,5-7,9-10,12-16,26H2,1-4H3,(H,27,31). The fraction of sp³-hybridized carbons (Fsp3) is 0.760. The molecule has 172 valence electrons. The first-order valence-electron chi connectivity index (χ1n) is 12.2. The highest BCUT2D eigenvalue weighted by molar-refractivity contribution is 5.92. The zero-order valence-corrected chi connectivity index (χ0v) is 19.9. The highest BCUT2D eigenvalue weighted by atomic mass is 16.2. The van der Waals surface area contributed by atoms with Crippen molar-refractivity contribution < 1.29 is 4.79 Å². The molecule has 0 aromatic carbocycles. The van der Waals surface area contributed by atoms with Crippen molar-refractivity contribution in [3.63, 3.8) is 0 Å². The molecule has 3 aliphatic carbocycles. The van der Waals surface area contributed by atoms with E-state index in [2.05, 4.69) is 44.0 Å². The van der Waals surface area contributed by atoms with E-state index >= 15 is 0 Å². The maximum atomic E-state index is 13.2. The van der Waals surface area contributed by atoms with Crippen molar-refractivity contribution in [1.29, 1.82) is 0 Å². The van der Waals surface area contributed by atoms with Crippen LogP contribution in [-0.2, 0) is 6.54 Å². The third kappa shape index (κ3) is 5.40. The zero-order valence-electron chi connectivity index (χ0n) is 19.9. The number of aromatic nitrogens is 2. The number of likely N-dealkylation sites (tertiary alicyclic amines) is 1. The molecule has 0 radical (unpaired) electrons. The Morgan fingerprint density at radius 2 is 2.13 bits per heavy atom. The second-order valence-corrected chi connectivity index (χ2v) is 11.2. The quantitative estimate of drug-likeness (QED) is 0.675. The number of piperidine rings is 1. The molecule has 2 fully saturated rings. The van der Waals surface area contributed by atoms with Crippen LogP contribution in [0, 0.1) is 17.3 Å². The number of nitrogens with one attached hydrogen (secondary N) is 1. The van der Waals surface area contributed by atoms with Crippen LogP contribution in [0.1, 0.15) is 88.4 Å². The van der Waals surface area contributed by atoms with E-state index in [1.54, 1.807) is 5.57 Å². The van der Waals surface area contributed by atoms with Crippen molar-refractivity contribution in [2.24, 2.45) is 23.0 Å². The third-order valence-corrected chi connectivity index (χ3v) is 7.33. The van der Waals surface area contributed by atoms with Gasteiger partial charge in [0, 0.05) is 31.7 Å². The normalized spacial score (nSPS) is 31.5. The van der Waals surface area contributed by atoms with Crippen molar-refractivity contribution in [1.82, 2.24) is 20.0 Å². The first-order valence-corrected chi connectivity index (χ1v) is 12.2. The van der Waals surface area contributed by atoms with Crippen LogP contribution in [0.4, 0.5) is 0 Å². The molecule has 2 bridgehead atoms. The number of nitrogens with two attached hydrogens (primary N) is 1. The Hall–Kier alpha value is -1.66. The predicted octanol–water partition coefficient (Wildman–Crippen LogP) is 3.89. The number of hydrogen-bond donors (Lipinski definition) is 2. The van der Waals surface area contributed by atoms with Gasteiger partial charge in [0.1, 0.15) is 5.69 Å². The first kappa shape index (κ1) is 22.5. The Balaban J connectivity index is 1.42. The molecule has 6 nitrogen and oxygen atoms in total. The molecule has 1 saturated heterocycles. The van der Waals surface area contributed by atoms with E-state index in [1.807, 2.05) is 10.7 Å². The summed E-state index contributed by atoms with van der Waals surface area (Å²) in [7, 11) is 0. The lowest BCUT2D eigenvalue weighted by Crippen LogP contribution is -2.42. The van der Waals surface area contributed by atoms with E-state index in [-0.39, 0.29) is 23.4 Å². The van der Waals surface area contributed by atoms with Gasteiger partial charge in [-0.2, -0.15) is 5.10 Å². The summed E-state index contributed by atoms with van der Waals surface area (Å²) in [5.74, 6) is 1.38. The van der Waals surface area contributed by atoms with Crippen LogP contribution in [0.2, 0.25) is 0 Å². The van der Waals surface area contributed by atoms with Gasteiger partial charge >= 0.3 is 0 Å². The molecule has 3 atom stereocenters. The van der Waals surface area contributed by atoms with Crippen LogP contribution in [0.3, 0.4) is 0 Å². The molecule has 1 aromatic rings. The Morgan fingerprint density at radius 3 is 2.84 bits per heavy atom. The number of fused-ring (bicyclic) bond motifs is 4. The summed E-state index contributed by atoms with van der Waals surface area (Å²) in [6, 6.07) is 2.38. The molecule has 1 saturated carbocycles. The minimum absolute atomic E-state index is 0.00331. The van der Waals surface area contributed by atoms with Gasteiger partial charge in [-0.25, -0.2) is 0 Å². The Labute approximate surface area is 187 Å². The molecule has 3 N–H and O–H groups in total. The molecule has 1 amide bonds. The molecule has 3 unspecified atom stereocenters. The van der Waals surface area contributed by atoms with Gasteiger partial charge in [-0.1, -0.05) is 25.5 Å². The zero-order chi connectivity index (χ0) is 22.2.